The van der Waals surface area contributed by atoms with Gasteiger partial charge in [0.15, 0.2) is 14.0 Å². The van der Waals surface area contributed by atoms with Gasteiger partial charge in [0.25, 0.3) is 0 Å². The first-order valence-corrected chi connectivity index (χ1v) is 17.6. The Morgan fingerprint density at radius 2 is 1.54 bits per heavy atom. The summed E-state index contributed by atoms with van der Waals surface area (Å²) in [5.74, 6) is 0.508. The Morgan fingerprint density at radius 1 is 0.923 bits per heavy atom. The largest absolute Gasteiger partial charge is 0.497 e. The number of nitrogens with zero attached hydrogens (tertiary/aromatic N) is 2. The molecule has 1 aliphatic rings. The number of hydrogen-bond donors (Lipinski definition) is 0. The summed E-state index contributed by atoms with van der Waals surface area (Å²) < 4.78 is 37.5. The van der Waals surface area contributed by atoms with E-state index in [4.69, 9.17) is 4.74 Å². The quantitative estimate of drug-likeness (QED) is 0.252. The fourth-order valence-corrected chi connectivity index (χ4v) is 9.19. The van der Waals surface area contributed by atoms with Crippen LogP contribution in [0.3, 0.4) is 0 Å². The van der Waals surface area contributed by atoms with Gasteiger partial charge < -0.3 is 8.97 Å². The number of carbonyl (C=O) groups excluding carboxylic acids is 1. The summed E-state index contributed by atoms with van der Waals surface area (Å²) in [5, 5.41) is 0.860. The minimum atomic E-state index is -4.01. The minimum absolute atomic E-state index is 0.0520. The second kappa shape index (κ2) is 9.47. The summed E-state index contributed by atoms with van der Waals surface area (Å²) in [7, 11) is -4.69. The molecule has 8 heteroatoms. The van der Waals surface area contributed by atoms with Crippen LogP contribution in [0.4, 0.5) is 0 Å². The molecular weight excluding hydrogens is 525 g/mol. The molecule has 0 saturated heterocycles. The van der Waals surface area contributed by atoms with Crippen molar-refractivity contribution in [1.29, 1.82) is 0 Å². The first-order valence-electron chi connectivity index (χ1n) is 13.2. The lowest BCUT2D eigenvalue weighted by atomic mass is 9.91. The zero-order valence-corrected chi connectivity index (χ0v) is 25.5. The highest BCUT2D eigenvalue weighted by molar-refractivity contribution is 7.89. The number of fused-ring (bicyclic) bond motifs is 3. The number of carbonyl (C=O) groups is 1. The number of rotatable bonds is 5. The van der Waals surface area contributed by atoms with Crippen molar-refractivity contribution >= 4 is 34.9 Å². The third-order valence-electron chi connectivity index (χ3n) is 8.49. The molecule has 0 N–H and O–H groups in total. The van der Waals surface area contributed by atoms with E-state index in [9.17, 15) is 13.2 Å². The zero-order chi connectivity index (χ0) is 28.3. The number of benzene rings is 3. The van der Waals surface area contributed by atoms with Crippen molar-refractivity contribution in [3.05, 3.63) is 95.2 Å². The van der Waals surface area contributed by atoms with E-state index in [-0.39, 0.29) is 22.3 Å². The van der Waals surface area contributed by atoms with Crippen LogP contribution in [0.15, 0.2) is 77.7 Å². The van der Waals surface area contributed by atoms with Crippen LogP contribution in [0, 0.1) is 6.92 Å². The molecule has 4 aromatic rings. The van der Waals surface area contributed by atoms with E-state index in [1.807, 2.05) is 49.4 Å². The van der Waals surface area contributed by atoms with Gasteiger partial charge in [0.05, 0.1) is 30.3 Å². The number of aryl methyl sites for hydroxylation is 1. The van der Waals surface area contributed by atoms with Crippen molar-refractivity contribution in [3.63, 3.8) is 0 Å². The highest BCUT2D eigenvalue weighted by Crippen LogP contribution is 2.48. The number of Topliss-reactive ketones (excluding diaryl/α,β-unsaturated/α-hetero) is 1. The summed E-state index contributed by atoms with van der Waals surface area (Å²) in [4.78, 5) is 14.3. The minimum Gasteiger partial charge on any atom is -0.497 e. The van der Waals surface area contributed by atoms with E-state index in [0.717, 1.165) is 27.6 Å². The van der Waals surface area contributed by atoms with Gasteiger partial charge in [0.2, 0.25) is 10.0 Å². The molecule has 3 aromatic carbocycles. The molecule has 0 spiro atoms. The molecule has 0 amide bonds. The summed E-state index contributed by atoms with van der Waals surface area (Å²) >= 11 is 0. The topological polar surface area (TPSA) is 68.6 Å². The molecule has 2 heterocycles. The zero-order valence-electron chi connectivity index (χ0n) is 23.6. The summed E-state index contributed by atoms with van der Waals surface area (Å²) in [6.45, 7) is 12.9. The Hall–Kier alpha value is -3.20. The van der Waals surface area contributed by atoms with Gasteiger partial charge in [-0.1, -0.05) is 81.9 Å². The first kappa shape index (κ1) is 27.4. The molecule has 1 aromatic heterocycles. The van der Waals surface area contributed by atoms with E-state index < -0.39 is 24.3 Å². The van der Waals surface area contributed by atoms with Gasteiger partial charge in [-0.3, -0.25) is 4.79 Å². The van der Waals surface area contributed by atoms with Crippen LogP contribution in [0.5, 0.6) is 5.75 Å². The lowest BCUT2D eigenvalue weighted by Gasteiger charge is -2.41. The molecule has 5 rings (SSSR count). The van der Waals surface area contributed by atoms with Crippen LogP contribution in [0.1, 0.15) is 54.0 Å². The van der Waals surface area contributed by atoms with Gasteiger partial charge in [0.1, 0.15) is 5.75 Å². The highest BCUT2D eigenvalue weighted by atomic mass is 32.2. The summed E-state index contributed by atoms with van der Waals surface area (Å²) in [5.41, 5.74) is 4.13. The van der Waals surface area contributed by atoms with E-state index >= 15 is 0 Å². The molecule has 0 aliphatic carbocycles. The monoisotopic (exact) mass is 560 g/mol. The molecule has 6 nitrogen and oxygen atoms in total. The molecular formula is C31H36N2O4SSi. The van der Waals surface area contributed by atoms with Gasteiger partial charge in [0, 0.05) is 16.5 Å². The van der Waals surface area contributed by atoms with Gasteiger partial charge in [-0.15, -0.1) is 0 Å². The number of ether oxygens (including phenoxy) is 1. The molecule has 1 unspecified atom stereocenters. The lowest BCUT2D eigenvalue weighted by molar-refractivity contribution is 0.0933. The smallest absolute Gasteiger partial charge is 0.244 e. The Labute approximate surface area is 232 Å². The van der Waals surface area contributed by atoms with Gasteiger partial charge in [-0.2, -0.15) is 4.31 Å². The number of para-hydroxylation sites is 1. The van der Waals surface area contributed by atoms with Crippen molar-refractivity contribution in [2.24, 2.45) is 0 Å². The van der Waals surface area contributed by atoms with Gasteiger partial charge >= 0.3 is 0 Å². The average molecular weight is 561 g/mol. The number of hydrogen-bond acceptors (Lipinski definition) is 4. The molecule has 1 atom stereocenters. The molecule has 0 fully saturated rings. The van der Waals surface area contributed by atoms with E-state index in [1.165, 1.54) is 4.31 Å². The predicted molar refractivity (Wildman–Crippen MR) is 159 cm³/mol. The molecule has 0 radical (unpaired) electrons. The summed E-state index contributed by atoms with van der Waals surface area (Å²) in [6.07, 6.45) is 0. The Bertz CT molecular complexity index is 1660. The van der Waals surface area contributed by atoms with E-state index in [0.29, 0.717) is 11.4 Å². The molecule has 0 bridgehead atoms. The first-order chi connectivity index (χ1) is 18.3. The summed E-state index contributed by atoms with van der Waals surface area (Å²) in [6, 6.07) is 21.7. The Balaban J connectivity index is 1.86. The van der Waals surface area contributed by atoms with Crippen molar-refractivity contribution in [1.82, 2.24) is 8.54 Å². The standard InChI is InChI=1S/C31H36N2O4SSi/c1-21-12-18-24(19-13-21)38(35,36)32-20-27(34)30-28(29(32)22-14-16-23(37-5)17-15-22)25-10-8-9-11-26(25)33(30)39(6,7)31(2,3)4/h8-19,29H,20H2,1-7H3. The molecule has 0 saturated carbocycles. The predicted octanol–water partition coefficient (Wildman–Crippen LogP) is 6.79. The van der Waals surface area contributed by atoms with E-state index in [2.05, 4.69) is 44.2 Å². The maximum atomic E-state index is 14.2. The highest BCUT2D eigenvalue weighted by Gasteiger charge is 2.48. The second-order valence-corrected chi connectivity index (χ2v) is 18.8. The number of ketones is 1. The van der Waals surface area contributed by atoms with Crippen molar-refractivity contribution in [3.8, 4) is 5.75 Å². The molecule has 1 aliphatic heterocycles. The third-order valence-corrected chi connectivity index (χ3v) is 15.6. The maximum absolute atomic E-state index is 14.2. The van der Waals surface area contributed by atoms with Crippen LogP contribution < -0.4 is 4.74 Å². The Morgan fingerprint density at radius 3 is 2.13 bits per heavy atom. The third kappa shape index (κ3) is 4.35. The van der Waals surface area contributed by atoms with E-state index in [1.54, 1.807) is 31.4 Å². The Kier molecular flexibility index (Phi) is 6.64. The fourth-order valence-electron chi connectivity index (χ4n) is 5.37. The number of aromatic nitrogens is 1. The molecule has 39 heavy (non-hydrogen) atoms. The van der Waals surface area contributed by atoms with Gasteiger partial charge in [-0.05, 0) is 47.9 Å². The van der Waals surface area contributed by atoms with Crippen molar-refractivity contribution in [2.75, 3.05) is 13.7 Å². The van der Waals surface area contributed by atoms with Crippen LogP contribution in [-0.2, 0) is 10.0 Å². The normalized spacial score (nSPS) is 16.9. The van der Waals surface area contributed by atoms with Crippen LogP contribution >= 0.6 is 0 Å². The second-order valence-electron chi connectivity index (χ2n) is 11.9. The number of methoxy groups -OCH3 is 1. The van der Waals surface area contributed by atoms with Crippen molar-refractivity contribution in [2.45, 2.75) is 56.8 Å². The maximum Gasteiger partial charge on any atom is 0.244 e. The molecule has 204 valence electrons. The van der Waals surface area contributed by atoms with Crippen LogP contribution in [0.25, 0.3) is 10.9 Å². The van der Waals surface area contributed by atoms with Crippen LogP contribution in [-0.4, -0.2) is 44.6 Å². The lowest BCUT2D eigenvalue weighted by Crippen LogP contribution is -2.49. The van der Waals surface area contributed by atoms with Crippen LogP contribution in [0.2, 0.25) is 18.1 Å². The van der Waals surface area contributed by atoms with Gasteiger partial charge in [-0.25, -0.2) is 8.42 Å². The van der Waals surface area contributed by atoms with Crippen molar-refractivity contribution < 1.29 is 17.9 Å². The fraction of sp³-hybridized carbons (Fsp3) is 0.323. The SMILES string of the molecule is COc1ccc(C2c3c(n([Si](C)(C)C(C)(C)C)c4ccccc34)C(=O)CN2S(=O)(=O)c2ccc(C)cc2)cc1. The average Bonchev–Trinajstić information content (AvgIpc) is 3.25. The number of sulfonamides is 1.